The van der Waals surface area contributed by atoms with Crippen LogP contribution in [0.1, 0.15) is 0 Å². The molecule has 0 bridgehead atoms. The van der Waals surface area contributed by atoms with E-state index in [-0.39, 0.29) is 33.9 Å². The summed E-state index contributed by atoms with van der Waals surface area (Å²) in [6.07, 6.45) is 0. The first-order chi connectivity index (χ1) is 15.2. The van der Waals surface area contributed by atoms with Gasteiger partial charge in [0.05, 0.1) is 12.0 Å². The summed E-state index contributed by atoms with van der Waals surface area (Å²) < 4.78 is 36.8. The number of aromatic amines is 2. The third kappa shape index (κ3) is 5.94. The smallest absolute Gasteiger partial charge is 0.352 e. The highest BCUT2D eigenvalue weighted by molar-refractivity contribution is 7.94. The van der Waals surface area contributed by atoms with E-state index in [1.165, 1.54) is 24.3 Å². The average Bonchev–Trinajstić information content (AvgIpc) is 2.70. The number of azo groups is 1. The molecule has 32 heavy (non-hydrogen) atoms. The summed E-state index contributed by atoms with van der Waals surface area (Å²) in [5, 5.41) is 21.9. The number of hydrogen-bond acceptors (Lipinski definition) is 14. The summed E-state index contributed by atoms with van der Waals surface area (Å²) in [4.78, 5) is 33.8. The number of nitrogens with one attached hydrogen (secondary N) is 3. The van der Waals surface area contributed by atoms with Gasteiger partial charge in [0.25, 0.3) is 10.1 Å². The van der Waals surface area contributed by atoms with Crippen LogP contribution < -0.4 is 22.4 Å². The van der Waals surface area contributed by atoms with E-state index in [0.29, 0.717) is 12.0 Å². The summed E-state index contributed by atoms with van der Waals surface area (Å²) >= 11 is 0.532. The molecule has 0 aliphatic carbocycles. The van der Waals surface area contributed by atoms with Crippen molar-refractivity contribution < 1.29 is 27.6 Å². The van der Waals surface area contributed by atoms with Crippen molar-refractivity contribution in [3.63, 3.8) is 0 Å². The number of nitrogens with zero attached hydrogens (tertiary/aromatic N) is 4. The summed E-state index contributed by atoms with van der Waals surface area (Å²) in [5.74, 6) is -0.225. The fraction of sp³-hybridized carbons (Fsp3) is 0. The maximum atomic E-state index is 11.6. The predicted octanol–water partition coefficient (Wildman–Crippen LogP) is 1.27. The second-order valence-corrected chi connectivity index (χ2v) is 7.77. The molecule has 0 unspecified atom stereocenters. The standard InChI is InChI=1S/C14H12N8O8S2/c15-11-7(2-4-10(16-11)17-12-18-13(23)20-14(24)19-12)21-22-8-5-6(31-30-29-25)1-3-9(8)32(26,27)28/h1-5,25H,(H,26,27,28)(H5,15,16,17,18,19,20,23,24). The van der Waals surface area contributed by atoms with Crippen molar-refractivity contribution in [3.05, 3.63) is 51.3 Å². The van der Waals surface area contributed by atoms with Crippen LogP contribution in [0.5, 0.6) is 0 Å². The Kier molecular flexibility index (Phi) is 6.92. The van der Waals surface area contributed by atoms with Crippen LogP contribution >= 0.6 is 12.0 Å². The first-order valence-electron chi connectivity index (χ1n) is 8.08. The van der Waals surface area contributed by atoms with Gasteiger partial charge in [-0.1, -0.05) is 5.04 Å². The fourth-order valence-corrected chi connectivity index (χ4v) is 3.20. The Morgan fingerprint density at radius 1 is 1.09 bits per heavy atom. The molecule has 168 valence electrons. The maximum absolute atomic E-state index is 11.6. The quantitative estimate of drug-likeness (QED) is 0.0867. The molecule has 0 atom stereocenters. The van der Waals surface area contributed by atoms with Gasteiger partial charge in [-0.15, -0.1) is 14.6 Å². The Hall–Kier alpha value is -3.68. The van der Waals surface area contributed by atoms with E-state index in [1.54, 1.807) is 0 Å². The molecule has 0 fully saturated rings. The van der Waals surface area contributed by atoms with Crippen molar-refractivity contribution >= 4 is 51.1 Å². The molecule has 1 aromatic carbocycles. The highest BCUT2D eigenvalue weighted by Gasteiger charge is 2.17. The zero-order valence-corrected chi connectivity index (χ0v) is 17.0. The minimum absolute atomic E-state index is 0.0252. The van der Waals surface area contributed by atoms with Crippen LogP contribution in [0.2, 0.25) is 0 Å². The number of rotatable bonds is 8. The molecule has 7 N–H and O–H groups in total. The first kappa shape index (κ1) is 23.0. The Morgan fingerprint density at radius 2 is 1.84 bits per heavy atom. The molecule has 0 saturated heterocycles. The number of anilines is 3. The molecular weight excluding hydrogens is 472 g/mol. The summed E-state index contributed by atoms with van der Waals surface area (Å²) in [5.41, 5.74) is 3.92. The van der Waals surface area contributed by atoms with E-state index in [0.717, 1.165) is 6.07 Å². The van der Waals surface area contributed by atoms with Crippen LogP contribution in [0.4, 0.5) is 29.0 Å². The molecule has 0 radical (unpaired) electrons. The van der Waals surface area contributed by atoms with Crippen LogP contribution in [0, 0.1) is 0 Å². The molecule has 0 spiro atoms. The number of pyridine rings is 1. The van der Waals surface area contributed by atoms with E-state index in [9.17, 15) is 22.6 Å². The van der Waals surface area contributed by atoms with Crippen molar-refractivity contribution in [1.82, 2.24) is 19.9 Å². The van der Waals surface area contributed by atoms with Crippen LogP contribution in [0.25, 0.3) is 0 Å². The number of hydrogen-bond donors (Lipinski definition) is 6. The number of nitrogens with two attached hydrogens (primary N) is 1. The summed E-state index contributed by atoms with van der Waals surface area (Å²) in [6, 6.07) is 6.21. The molecule has 18 heteroatoms. The van der Waals surface area contributed by atoms with Crippen LogP contribution in [0.3, 0.4) is 0 Å². The molecule has 16 nitrogen and oxygen atoms in total. The molecule has 0 aliphatic heterocycles. The highest BCUT2D eigenvalue weighted by Crippen LogP contribution is 2.32. The number of nitrogen functional groups attached to an aromatic ring is 1. The van der Waals surface area contributed by atoms with Gasteiger partial charge in [-0.25, -0.2) is 19.8 Å². The molecule has 2 heterocycles. The molecule has 0 amide bonds. The zero-order valence-electron chi connectivity index (χ0n) is 15.4. The van der Waals surface area contributed by atoms with Gasteiger partial charge in [0.2, 0.25) is 5.95 Å². The third-order valence-electron chi connectivity index (χ3n) is 3.45. The Morgan fingerprint density at radius 3 is 2.50 bits per heavy atom. The van der Waals surface area contributed by atoms with E-state index in [4.69, 9.17) is 11.0 Å². The largest absolute Gasteiger partial charge is 0.382 e. The molecular formula is C14H12N8O8S2. The van der Waals surface area contributed by atoms with Crippen LogP contribution in [0.15, 0.2) is 59.9 Å². The SMILES string of the molecule is Nc1nc(Nc2nc(=O)[nH]c(=O)[nH]2)ccc1N=Nc1cc(SOOO)ccc1S(=O)(=O)O. The van der Waals surface area contributed by atoms with Gasteiger partial charge in [0.15, 0.2) is 5.82 Å². The summed E-state index contributed by atoms with van der Waals surface area (Å²) in [6.45, 7) is 0. The molecule has 3 rings (SSSR count). The van der Waals surface area contributed by atoms with Crippen molar-refractivity contribution in [2.24, 2.45) is 10.2 Å². The topological polar surface area (TPSA) is 247 Å². The van der Waals surface area contributed by atoms with E-state index < -0.39 is 26.4 Å². The lowest BCUT2D eigenvalue weighted by Crippen LogP contribution is -2.25. The van der Waals surface area contributed by atoms with Gasteiger partial charge in [0.1, 0.15) is 22.1 Å². The van der Waals surface area contributed by atoms with Crippen LogP contribution in [-0.2, 0) is 19.5 Å². The lowest BCUT2D eigenvalue weighted by Gasteiger charge is -2.06. The van der Waals surface area contributed by atoms with Gasteiger partial charge < -0.3 is 11.1 Å². The first-order valence-corrected chi connectivity index (χ1v) is 10.3. The van der Waals surface area contributed by atoms with Crippen LogP contribution in [-0.4, -0.2) is 38.2 Å². The zero-order chi connectivity index (χ0) is 23.3. The van der Waals surface area contributed by atoms with Gasteiger partial charge in [-0.3, -0.25) is 14.5 Å². The normalized spacial score (nSPS) is 11.7. The minimum Gasteiger partial charge on any atom is -0.382 e. The number of H-pyrrole nitrogens is 2. The van der Waals surface area contributed by atoms with E-state index in [2.05, 4.69) is 39.9 Å². The monoisotopic (exact) mass is 484 g/mol. The second-order valence-electron chi connectivity index (χ2n) is 5.60. The van der Waals surface area contributed by atoms with Crippen molar-refractivity contribution in [1.29, 1.82) is 0 Å². The van der Waals surface area contributed by atoms with Crippen molar-refractivity contribution in [2.75, 3.05) is 11.1 Å². The Labute approximate surface area is 181 Å². The summed E-state index contributed by atoms with van der Waals surface area (Å²) in [7, 11) is -4.64. The Bertz CT molecular complexity index is 1360. The fourth-order valence-electron chi connectivity index (χ4n) is 2.20. The maximum Gasteiger partial charge on any atom is 0.352 e. The van der Waals surface area contributed by atoms with Crippen molar-refractivity contribution in [3.8, 4) is 0 Å². The van der Waals surface area contributed by atoms with E-state index >= 15 is 0 Å². The van der Waals surface area contributed by atoms with Gasteiger partial charge >= 0.3 is 11.4 Å². The van der Waals surface area contributed by atoms with E-state index in [1.807, 2.05) is 4.98 Å². The molecule has 3 aromatic rings. The lowest BCUT2D eigenvalue weighted by atomic mass is 10.3. The minimum atomic E-state index is -4.64. The number of benzene rings is 1. The number of aromatic nitrogens is 4. The highest BCUT2D eigenvalue weighted by atomic mass is 32.2. The molecule has 0 saturated carbocycles. The molecule has 0 aliphatic rings. The van der Waals surface area contributed by atoms with Gasteiger partial charge in [-0.2, -0.15) is 13.4 Å². The Balaban J connectivity index is 1.89. The lowest BCUT2D eigenvalue weighted by molar-refractivity contribution is -0.432. The average molecular weight is 484 g/mol. The second kappa shape index (κ2) is 9.64. The van der Waals surface area contributed by atoms with Crippen molar-refractivity contribution in [2.45, 2.75) is 9.79 Å². The van der Waals surface area contributed by atoms with Gasteiger partial charge in [-0.05, 0) is 30.3 Å². The third-order valence-corrected chi connectivity index (χ3v) is 4.93. The molecule has 2 aromatic heterocycles. The van der Waals surface area contributed by atoms with Gasteiger partial charge in [0, 0.05) is 4.90 Å². The predicted molar refractivity (Wildman–Crippen MR) is 108 cm³/mol.